The molecule has 4 heteroatoms. The van der Waals surface area contributed by atoms with Gasteiger partial charge in [0.05, 0.1) is 23.6 Å². The fourth-order valence-corrected chi connectivity index (χ4v) is 2.90. The third kappa shape index (κ3) is 8.96. The van der Waals surface area contributed by atoms with Gasteiger partial charge in [-0.05, 0) is 43.9 Å². The summed E-state index contributed by atoms with van der Waals surface area (Å²) in [5.74, 6) is 0. The molecule has 1 aliphatic rings. The number of hydrogen-bond acceptors (Lipinski definition) is 3. The van der Waals surface area contributed by atoms with Crippen LogP contribution in [0.1, 0.15) is 82.7 Å². The van der Waals surface area contributed by atoms with E-state index in [2.05, 4.69) is 31.0 Å². The normalized spacial score (nSPS) is 20.4. The van der Waals surface area contributed by atoms with Crippen molar-refractivity contribution in [1.29, 1.82) is 0 Å². The van der Waals surface area contributed by atoms with Crippen molar-refractivity contribution >= 4 is 35.6 Å². The molecule has 3 unspecified atom stereocenters. The number of nitrogens with zero attached hydrogens (tertiary/aromatic N) is 1. The van der Waals surface area contributed by atoms with E-state index in [4.69, 9.17) is 4.74 Å². The van der Waals surface area contributed by atoms with Gasteiger partial charge in [0.15, 0.2) is 0 Å². The predicted molar refractivity (Wildman–Crippen MR) is 111 cm³/mol. The maximum atomic E-state index is 10.1. The first kappa shape index (κ1) is 23.6. The van der Waals surface area contributed by atoms with Crippen molar-refractivity contribution in [3.63, 3.8) is 0 Å². The number of pyridine rings is 1. The molecule has 3 atom stereocenters. The summed E-state index contributed by atoms with van der Waals surface area (Å²) in [6, 6.07) is 6.01. The van der Waals surface area contributed by atoms with Crippen molar-refractivity contribution in [2.75, 3.05) is 0 Å². The van der Waals surface area contributed by atoms with Crippen molar-refractivity contribution < 1.29 is 9.84 Å². The molecule has 26 heavy (non-hydrogen) atoms. The monoisotopic (exact) mass is 367 g/mol. The van der Waals surface area contributed by atoms with Crippen LogP contribution in [0.15, 0.2) is 36.4 Å². The number of aliphatic hydroxyl groups is 1. The molecule has 0 radical (unpaired) electrons. The molecule has 140 valence electrons. The minimum absolute atomic E-state index is 0. The van der Waals surface area contributed by atoms with Crippen LogP contribution in [-0.4, -0.2) is 51.9 Å². The number of ether oxygens (including phenoxy) is 1. The quantitative estimate of drug-likeness (QED) is 0.246. The van der Waals surface area contributed by atoms with Crippen LogP contribution in [0.25, 0.3) is 6.08 Å². The molecule has 0 aromatic carbocycles. The number of aromatic nitrogens is 1. The molecule has 1 aliphatic heterocycles. The van der Waals surface area contributed by atoms with Gasteiger partial charge in [-0.25, -0.2) is 0 Å². The Bertz CT molecular complexity index is 559. The van der Waals surface area contributed by atoms with E-state index in [-0.39, 0.29) is 35.7 Å². The molecular weight excluding hydrogens is 333 g/mol. The van der Waals surface area contributed by atoms with E-state index >= 15 is 0 Å². The summed E-state index contributed by atoms with van der Waals surface area (Å²) in [6.07, 6.45) is 17.1. The first-order valence-corrected chi connectivity index (χ1v) is 9.88. The Kier molecular flexibility index (Phi) is 12.4. The van der Waals surface area contributed by atoms with Crippen LogP contribution in [0.4, 0.5) is 0 Å². The molecule has 1 fully saturated rings. The zero-order valence-corrected chi connectivity index (χ0v) is 15.7. The number of hydrogen-bond donors (Lipinski definition) is 1. The number of unbranched alkanes of at least 4 members (excludes halogenated alkanes) is 4. The summed E-state index contributed by atoms with van der Waals surface area (Å²) in [6.45, 7) is 4.41. The molecule has 0 amide bonds. The second-order valence-electron chi connectivity index (χ2n) is 6.85. The van der Waals surface area contributed by atoms with E-state index in [0.717, 1.165) is 24.2 Å². The van der Waals surface area contributed by atoms with Gasteiger partial charge in [-0.15, -0.1) is 0 Å². The van der Waals surface area contributed by atoms with Crippen LogP contribution in [0.2, 0.25) is 0 Å². The predicted octanol–water partition coefficient (Wildman–Crippen LogP) is 4.96. The van der Waals surface area contributed by atoms with Gasteiger partial charge in [-0.1, -0.05) is 63.8 Å². The number of rotatable bonds is 12. The van der Waals surface area contributed by atoms with Gasteiger partial charge in [-0.2, -0.15) is 0 Å². The van der Waals surface area contributed by atoms with Crippen molar-refractivity contribution in [2.24, 2.45) is 0 Å². The standard InChI is InChI=1S/C22H33NO2.Na.H/c1-3-5-7-8-9-10-13-19(24)17-16-18-12-11-14-20(23-18)22-21(25-22)15-6-4-2;;/h9-12,14,16-17,19,21-22,24H,3-8,13,15H2,1-2H3;;. The van der Waals surface area contributed by atoms with Gasteiger partial charge >= 0.3 is 29.6 Å². The van der Waals surface area contributed by atoms with Crippen LogP contribution >= 0.6 is 0 Å². The zero-order valence-electron chi connectivity index (χ0n) is 15.7. The summed E-state index contributed by atoms with van der Waals surface area (Å²) in [5, 5.41) is 10.1. The summed E-state index contributed by atoms with van der Waals surface area (Å²) >= 11 is 0. The molecule has 1 aromatic rings. The average molecular weight is 368 g/mol. The van der Waals surface area contributed by atoms with Gasteiger partial charge < -0.3 is 9.84 Å². The van der Waals surface area contributed by atoms with Crippen molar-refractivity contribution in [2.45, 2.75) is 83.5 Å². The van der Waals surface area contributed by atoms with Crippen molar-refractivity contribution in [3.05, 3.63) is 47.8 Å². The summed E-state index contributed by atoms with van der Waals surface area (Å²) < 4.78 is 5.73. The Labute approximate surface area is 181 Å². The molecule has 0 aliphatic carbocycles. The summed E-state index contributed by atoms with van der Waals surface area (Å²) in [7, 11) is 0. The first-order valence-electron chi connectivity index (χ1n) is 9.88. The molecule has 2 rings (SSSR count). The third-order valence-electron chi connectivity index (χ3n) is 4.52. The zero-order chi connectivity index (χ0) is 17.9. The van der Waals surface area contributed by atoms with Gasteiger partial charge in [0.2, 0.25) is 0 Å². The Morgan fingerprint density at radius 2 is 1.96 bits per heavy atom. The number of aliphatic hydroxyl groups excluding tert-OH is 1. The Hall–Kier alpha value is -0.450. The number of epoxide rings is 1. The third-order valence-corrected chi connectivity index (χ3v) is 4.52. The molecule has 1 aromatic heterocycles. The van der Waals surface area contributed by atoms with Crippen LogP contribution in [0, 0.1) is 0 Å². The Balaban J connectivity index is 0.00000338. The molecule has 0 saturated carbocycles. The Morgan fingerprint density at radius 3 is 2.73 bits per heavy atom. The van der Waals surface area contributed by atoms with E-state index in [9.17, 15) is 5.11 Å². The van der Waals surface area contributed by atoms with Crippen LogP contribution in [0.5, 0.6) is 0 Å². The minimum atomic E-state index is -0.456. The SMILES string of the molecule is CCCCCC=CCC(O)C=Cc1cccc(C2OC2CCCC)n1.[NaH]. The van der Waals surface area contributed by atoms with Gasteiger partial charge in [-0.3, -0.25) is 4.98 Å². The fourth-order valence-electron chi connectivity index (χ4n) is 2.90. The molecule has 1 N–H and O–H groups in total. The van der Waals surface area contributed by atoms with Crippen LogP contribution in [0.3, 0.4) is 0 Å². The van der Waals surface area contributed by atoms with Crippen molar-refractivity contribution in [3.8, 4) is 0 Å². The van der Waals surface area contributed by atoms with Gasteiger partial charge in [0.1, 0.15) is 6.10 Å². The molecule has 3 nitrogen and oxygen atoms in total. The van der Waals surface area contributed by atoms with Gasteiger partial charge in [0, 0.05) is 0 Å². The van der Waals surface area contributed by atoms with Gasteiger partial charge in [0.25, 0.3) is 0 Å². The Morgan fingerprint density at radius 1 is 1.15 bits per heavy atom. The average Bonchev–Trinajstić information content (AvgIpc) is 3.41. The molecule has 0 bridgehead atoms. The van der Waals surface area contributed by atoms with E-state index < -0.39 is 6.10 Å². The van der Waals surface area contributed by atoms with Crippen molar-refractivity contribution in [1.82, 2.24) is 4.98 Å². The molecule has 2 heterocycles. The van der Waals surface area contributed by atoms with E-state index in [1.807, 2.05) is 30.4 Å². The maximum absolute atomic E-state index is 10.1. The molecular formula is C22H34NNaO2. The van der Waals surface area contributed by atoms with E-state index in [0.29, 0.717) is 12.5 Å². The molecule has 0 spiro atoms. The van der Waals surface area contributed by atoms with E-state index in [1.54, 1.807) is 0 Å². The summed E-state index contributed by atoms with van der Waals surface area (Å²) in [5.41, 5.74) is 1.89. The van der Waals surface area contributed by atoms with E-state index in [1.165, 1.54) is 32.1 Å². The van der Waals surface area contributed by atoms with Crippen LogP contribution in [-0.2, 0) is 4.74 Å². The van der Waals surface area contributed by atoms with Crippen LogP contribution < -0.4 is 0 Å². The molecule has 1 saturated heterocycles. The summed E-state index contributed by atoms with van der Waals surface area (Å²) in [4.78, 5) is 4.65. The topological polar surface area (TPSA) is 45.6 Å². The second-order valence-corrected chi connectivity index (χ2v) is 6.85. The first-order chi connectivity index (χ1) is 12.2. The fraction of sp³-hybridized carbons (Fsp3) is 0.591. The second kappa shape index (κ2) is 13.7. The number of allylic oxidation sites excluding steroid dienone is 1.